The maximum atomic E-state index is 13.0. The molecule has 0 amide bonds. The summed E-state index contributed by atoms with van der Waals surface area (Å²) in [5.74, 6) is -0.190. The molecule has 0 bridgehead atoms. The maximum absolute atomic E-state index is 13.0. The SMILES string of the molecule is CN(Cc1ccc(F)cc1Br)C1CCNCC1.Cl. The van der Waals surface area contributed by atoms with Crippen molar-refractivity contribution in [2.45, 2.75) is 25.4 Å². The predicted molar refractivity (Wildman–Crippen MR) is 78.7 cm³/mol. The molecule has 0 atom stereocenters. The minimum Gasteiger partial charge on any atom is -0.317 e. The van der Waals surface area contributed by atoms with E-state index in [1.807, 2.05) is 6.07 Å². The first-order valence-corrected chi connectivity index (χ1v) is 6.81. The van der Waals surface area contributed by atoms with Gasteiger partial charge in [0, 0.05) is 17.1 Å². The van der Waals surface area contributed by atoms with Gasteiger partial charge in [0.1, 0.15) is 5.82 Å². The Bertz CT molecular complexity index is 383. The Labute approximate surface area is 122 Å². The van der Waals surface area contributed by atoms with E-state index in [2.05, 4.69) is 33.2 Å². The van der Waals surface area contributed by atoms with E-state index >= 15 is 0 Å². The average Bonchev–Trinajstić information content (AvgIpc) is 2.34. The van der Waals surface area contributed by atoms with E-state index in [0.717, 1.165) is 29.7 Å². The molecule has 0 unspecified atom stereocenters. The van der Waals surface area contributed by atoms with Crippen LogP contribution in [0.4, 0.5) is 4.39 Å². The van der Waals surface area contributed by atoms with Crippen LogP contribution in [0.1, 0.15) is 18.4 Å². The number of nitrogens with one attached hydrogen (secondary N) is 1. The number of halogens is 3. The lowest BCUT2D eigenvalue weighted by Gasteiger charge is -2.31. The van der Waals surface area contributed by atoms with Crippen LogP contribution in [0, 0.1) is 5.82 Å². The topological polar surface area (TPSA) is 15.3 Å². The van der Waals surface area contributed by atoms with Crippen LogP contribution < -0.4 is 5.32 Å². The smallest absolute Gasteiger partial charge is 0.124 e. The first-order valence-electron chi connectivity index (χ1n) is 6.01. The maximum Gasteiger partial charge on any atom is 0.124 e. The molecular formula is C13H19BrClFN2. The Morgan fingerprint density at radius 1 is 1.39 bits per heavy atom. The third-order valence-corrected chi connectivity index (χ3v) is 4.11. The van der Waals surface area contributed by atoms with Gasteiger partial charge in [-0.3, -0.25) is 4.90 Å². The van der Waals surface area contributed by atoms with Crippen LogP contribution in [-0.4, -0.2) is 31.1 Å². The van der Waals surface area contributed by atoms with Gasteiger partial charge in [-0.15, -0.1) is 12.4 Å². The van der Waals surface area contributed by atoms with E-state index in [-0.39, 0.29) is 18.2 Å². The summed E-state index contributed by atoms with van der Waals surface area (Å²) in [6.07, 6.45) is 2.38. The second-order valence-electron chi connectivity index (χ2n) is 4.63. The van der Waals surface area contributed by atoms with Gasteiger partial charge < -0.3 is 5.32 Å². The molecule has 5 heteroatoms. The van der Waals surface area contributed by atoms with E-state index in [4.69, 9.17) is 0 Å². The van der Waals surface area contributed by atoms with Crippen molar-refractivity contribution >= 4 is 28.3 Å². The molecule has 1 aliphatic heterocycles. The van der Waals surface area contributed by atoms with E-state index in [9.17, 15) is 4.39 Å². The number of hydrogen-bond acceptors (Lipinski definition) is 2. The van der Waals surface area contributed by atoms with E-state index in [1.165, 1.54) is 25.0 Å². The molecule has 0 aromatic heterocycles. The quantitative estimate of drug-likeness (QED) is 0.911. The predicted octanol–water partition coefficient (Wildman–Crippen LogP) is 3.19. The summed E-state index contributed by atoms with van der Waals surface area (Å²) in [4.78, 5) is 2.36. The van der Waals surface area contributed by atoms with Crippen LogP contribution in [0.15, 0.2) is 22.7 Å². The molecule has 2 rings (SSSR count). The number of hydrogen-bond donors (Lipinski definition) is 1. The summed E-state index contributed by atoms with van der Waals surface area (Å²) in [5, 5.41) is 3.37. The van der Waals surface area contributed by atoms with Gasteiger partial charge in [0.2, 0.25) is 0 Å². The third-order valence-electron chi connectivity index (χ3n) is 3.37. The largest absolute Gasteiger partial charge is 0.317 e. The molecule has 0 saturated carbocycles. The van der Waals surface area contributed by atoms with Crippen LogP contribution in [0.3, 0.4) is 0 Å². The normalized spacial score (nSPS) is 16.7. The van der Waals surface area contributed by atoms with Crippen LogP contribution in [0.2, 0.25) is 0 Å². The second-order valence-corrected chi connectivity index (χ2v) is 5.49. The highest BCUT2D eigenvalue weighted by Crippen LogP contribution is 2.21. The van der Waals surface area contributed by atoms with E-state index < -0.39 is 0 Å². The van der Waals surface area contributed by atoms with Gasteiger partial charge in [-0.05, 0) is 50.7 Å². The van der Waals surface area contributed by atoms with Gasteiger partial charge in [0.15, 0.2) is 0 Å². The fourth-order valence-corrected chi connectivity index (χ4v) is 2.77. The zero-order valence-electron chi connectivity index (χ0n) is 10.5. The van der Waals surface area contributed by atoms with Crippen molar-refractivity contribution in [2.24, 2.45) is 0 Å². The molecule has 1 fully saturated rings. The minimum absolute atomic E-state index is 0. The van der Waals surface area contributed by atoms with Gasteiger partial charge in [-0.2, -0.15) is 0 Å². The number of nitrogens with zero attached hydrogens (tertiary/aromatic N) is 1. The second kappa shape index (κ2) is 7.43. The monoisotopic (exact) mass is 336 g/mol. The van der Waals surface area contributed by atoms with Crippen LogP contribution in [-0.2, 0) is 6.54 Å². The van der Waals surface area contributed by atoms with Crippen LogP contribution in [0.25, 0.3) is 0 Å². The molecule has 2 nitrogen and oxygen atoms in total. The average molecular weight is 338 g/mol. The van der Waals surface area contributed by atoms with E-state index in [1.54, 1.807) is 0 Å². The van der Waals surface area contributed by atoms with Crippen molar-refractivity contribution in [2.75, 3.05) is 20.1 Å². The number of benzene rings is 1. The van der Waals surface area contributed by atoms with Crippen molar-refractivity contribution in [3.05, 3.63) is 34.1 Å². The lowest BCUT2D eigenvalue weighted by Crippen LogP contribution is -2.40. The number of piperidine rings is 1. The Hall–Kier alpha value is -0.160. The zero-order chi connectivity index (χ0) is 12.3. The highest BCUT2D eigenvalue weighted by Gasteiger charge is 2.18. The summed E-state index contributed by atoms with van der Waals surface area (Å²) in [7, 11) is 2.14. The Kier molecular flexibility index (Phi) is 6.57. The van der Waals surface area contributed by atoms with Crippen molar-refractivity contribution in [3.8, 4) is 0 Å². The fraction of sp³-hybridized carbons (Fsp3) is 0.538. The van der Waals surface area contributed by atoms with Gasteiger partial charge >= 0.3 is 0 Å². The molecule has 1 aromatic carbocycles. The Morgan fingerprint density at radius 3 is 2.67 bits per heavy atom. The molecule has 1 heterocycles. The summed E-state index contributed by atoms with van der Waals surface area (Å²) < 4.78 is 13.8. The molecule has 0 aliphatic carbocycles. The first-order chi connectivity index (χ1) is 8.16. The van der Waals surface area contributed by atoms with Crippen LogP contribution in [0.5, 0.6) is 0 Å². The molecule has 102 valence electrons. The molecule has 1 saturated heterocycles. The van der Waals surface area contributed by atoms with Gasteiger partial charge in [-0.25, -0.2) is 4.39 Å². The van der Waals surface area contributed by atoms with Crippen molar-refractivity contribution in [1.82, 2.24) is 10.2 Å². The standard InChI is InChI=1S/C13H18BrFN2.ClH/c1-17(12-4-6-16-7-5-12)9-10-2-3-11(15)8-13(10)14;/h2-3,8,12,16H,4-7,9H2,1H3;1H. The summed E-state index contributed by atoms with van der Waals surface area (Å²) >= 11 is 3.42. The lowest BCUT2D eigenvalue weighted by molar-refractivity contribution is 0.191. The van der Waals surface area contributed by atoms with Crippen molar-refractivity contribution < 1.29 is 4.39 Å². The molecule has 18 heavy (non-hydrogen) atoms. The number of rotatable bonds is 3. The molecule has 1 aliphatic rings. The lowest BCUT2D eigenvalue weighted by atomic mass is 10.0. The molecule has 0 radical (unpaired) electrons. The fourth-order valence-electron chi connectivity index (χ4n) is 2.30. The highest BCUT2D eigenvalue weighted by molar-refractivity contribution is 9.10. The first kappa shape index (κ1) is 15.9. The highest BCUT2D eigenvalue weighted by atomic mass is 79.9. The minimum atomic E-state index is -0.190. The van der Waals surface area contributed by atoms with Crippen molar-refractivity contribution in [3.63, 3.8) is 0 Å². The molecule has 1 aromatic rings. The van der Waals surface area contributed by atoms with Crippen molar-refractivity contribution in [1.29, 1.82) is 0 Å². The summed E-state index contributed by atoms with van der Waals surface area (Å²) in [6.45, 7) is 3.06. The third kappa shape index (κ3) is 4.19. The molecule has 1 N–H and O–H groups in total. The Balaban J connectivity index is 0.00000162. The Morgan fingerprint density at radius 2 is 2.06 bits per heavy atom. The summed E-state index contributed by atoms with van der Waals surface area (Å²) in [6, 6.07) is 5.55. The molecule has 0 spiro atoms. The van der Waals surface area contributed by atoms with Crippen LogP contribution >= 0.6 is 28.3 Å². The van der Waals surface area contributed by atoms with Gasteiger partial charge in [0.05, 0.1) is 0 Å². The molecular weight excluding hydrogens is 319 g/mol. The van der Waals surface area contributed by atoms with Gasteiger partial charge in [-0.1, -0.05) is 22.0 Å². The zero-order valence-corrected chi connectivity index (χ0v) is 12.9. The van der Waals surface area contributed by atoms with E-state index in [0.29, 0.717) is 6.04 Å². The van der Waals surface area contributed by atoms with Gasteiger partial charge in [0.25, 0.3) is 0 Å². The summed E-state index contributed by atoms with van der Waals surface area (Å²) in [5.41, 5.74) is 1.15.